The van der Waals surface area contributed by atoms with Gasteiger partial charge in [-0.15, -0.1) is 11.8 Å². The number of hydrogen-bond acceptors (Lipinski definition) is 4. The lowest BCUT2D eigenvalue weighted by Crippen LogP contribution is -2.24. The van der Waals surface area contributed by atoms with Gasteiger partial charge in [0.15, 0.2) is 0 Å². The second kappa shape index (κ2) is 8.92. The van der Waals surface area contributed by atoms with Crippen molar-refractivity contribution in [2.75, 3.05) is 19.8 Å². The summed E-state index contributed by atoms with van der Waals surface area (Å²) >= 11 is 5.63. The summed E-state index contributed by atoms with van der Waals surface area (Å²) in [6.07, 6.45) is 4.72. The fraction of sp³-hybridized carbons (Fsp3) is 0.650. The van der Waals surface area contributed by atoms with Crippen molar-refractivity contribution in [3.05, 3.63) is 28.2 Å². The number of esters is 1. The maximum Gasteiger partial charge on any atom is 0.313 e. The number of hydrogen-bond donors (Lipinski definition) is 0. The molecule has 1 aromatic rings. The van der Waals surface area contributed by atoms with Crippen molar-refractivity contribution in [3.63, 3.8) is 0 Å². The van der Waals surface area contributed by atoms with Crippen LogP contribution in [-0.4, -0.2) is 31.0 Å². The van der Waals surface area contributed by atoms with E-state index in [4.69, 9.17) is 9.47 Å². The summed E-state index contributed by atoms with van der Waals surface area (Å²) in [5.41, 5.74) is 1.05. The summed E-state index contributed by atoms with van der Waals surface area (Å²) in [5.74, 6) is 0.472. The lowest BCUT2D eigenvalue weighted by Gasteiger charge is -2.25. The van der Waals surface area contributed by atoms with Crippen LogP contribution >= 0.6 is 27.7 Å². The van der Waals surface area contributed by atoms with Crippen molar-refractivity contribution in [1.82, 2.24) is 0 Å². The highest BCUT2D eigenvalue weighted by Gasteiger charge is 2.32. The molecule has 138 valence electrons. The third-order valence-corrected chi connectivity index (χ3v) is 7.30. The lowest BCUT2D eigenvalue weighted by atomic mass is 9.81. The van der Waals surface area contributed by atoms with Crippen LogP contribution in [0, 0.1) is 11.8 Å². The second-order valence-electron chi connectivity index (χ2n) is 7.18. The van der Waals surface area contributed by atoms with E-state index in [1.807, 2.05) is 18.7 Å². The standard InChI is InChI=1S/C20H27BrO3S/c1-3-24-20(22)19(13(2)10-14-8-9-23-12-14)15-4-7-18(17(21)11-15)25-16-5-6-16/h4,7,11,13-14,16,19H,3,5-6,8-10,12H2,1-2H3. The number of ether oxygens (including phenoxy) is 2. The third kappa shape index (κ3) is 5.24. The molecular weight excluding hydrogens is 400 g/mol. The van der Waals surface area contributed by atoms with E-state index in [0.717, 1.165) is 41.3 Å². The monoisotopic (exact) mass is 426 g/mol. The molecule has 5 heteroatoms. The van der Waals surface area contributed by atoms with Gasteiger partial charge in [-0.05, 0) is 78.1 Å². The lowest BCUT2D eigenvalue weighted by molar-refractivity contribution is -0.146. The van der Waals surface area contributed by atoms with Crippen molar-refractivity contribution in [3.8, 4) is 0 Å². The topological polar surface area (TPSA) is 35.5 Å². The van der Waals surface area contributed by atoms with Gasteiger partial charge in [0.1, 0.15) is 0 Å². The van der Waals surface area contributed by atoms with Crippen molar-refractivity contribution >= 4 is 33.7 Å². The Bertz CT molecular complexity index is 597. The van der Waals surface area contributed by atoms with Crippen molar-refractivity contribution in [2.24, 2.45) is 11.8 Å². The molecule has 3 atom stereocenters. The van der Waals surface area contributed by atoms with Gasteiger partial charge < -0.3 is 9.47 Å². The maximum absolute atomic E-state index is 12.7. The second-order valence-corrected chi connectivity index (χ2v) is 9.38. The molecule has 2 aliphatic rings. The highest BCUT2D eigenvalue weighted by Crippen LogP contribution is 2.43. The number of carbonyl (C=O) groups excluding carboxylic acids is 1. The summed E-state index contributed by atoms with van der Waals surface area (Å²) in [6, 6.07) is 6.38. The van der Waals surface area contributed by atoms with Gasteiger partial charge in [0, 0.05) is 27.8 Å². The van der Waals surface area contributed by atoms with Crippen LogP contribution in [0.3, 0.4) is 0 Å². The van der Waals surface area contributed by atoms with Gasteiger partial charge >= 0.3 is 5.97 Å². The molecule has 3 rings (SSSR count). The third-order valence-electron chi connectivity index (χ3n) is 4.97. The number of halogens is 1. The molecule has 1 saturated heterocycles. The Morgan fingerprint density at radius 2 is 2.20 bits per heavy atom. The molecule has 1 aliphatic heterocycles. The molecule has 1 heterocycles. The van der Waals surface area contributed by atoms with E-state index in [2.05, 4.69) is 41.1 Å². The van der Waals surface area contributed by atoms with Crippen LogP contribution < -0.4 is 0 Å². The molecule has 0 N–H and O–H groups in total. The number of benzene rings is 1. The van der Waals surface area contributed by atoms with E-state index in [-0.39, 0.29) is 17.8 Å². The summed E-state index contributed by atoms with van der Waals surface area (Å²) in [5, 5.41) is 0.768. The summed E-state index contributed by atoms with van der Waals surface area (Å²) in [6.45, 7) is 6.13. The zero-order valence-electron chi connectivity index (χ0n) is 15.0. The van der Waals surface area contributed by atoms with Crippen LogP contribution in [0.25, 0.3) is 0 Å². The normalized spacial score (nSPS) is 22.6. The first-order chi connectivity index (χ1) is 12.1. The van der Waals surface area contributed by atoms with E-state index in [1.165, 1.54) is 17.7 Å². The molecule has 3 unspecified atom stereocenters. The van der Waals surface area contributed by atoms with Crippen molar-refractivity contribution < 1.29 is 14.3 Å². The molecule has 3 nitrogen and oxygen atoms in total. The van der Waals surface area contributed by atoms with Gasteiger partial charge in [0.25, 0.3) is 0 Å². The summed E-state index contributed by atoms with van der Waals surface area (Å²) < 4.78 is 12.0. The molecular formula is C20H27BrO3S. The Balaban J connectivity index is 1.77. The Labute approximate surface area is 163 Å². The van der Waals surface area contributed by atoms with Crippen LogP contribution in [0.15, 0.2) is 27.6 Å². The van der Waals surface area contributed by atoms with Crippen molar-refractivity contribution in [1.29, 1.82) is 0 Å². The minimum absolute atomic E-state index is 0.108. The summed E-state index contributed by atoms with van der Waals surface area (Å²) in [7, 11) is 0. The van der Waals surface area contributed by atoms with Gasteiger partial charge in [-0.25, -0.2) is 0 Å². The summed E-state index contributed by atoms with van der Waals surface area (Å²) in [4.78, 5) is 13.9. The smallest absolute Gasteiger partial charge is 0.313 e. The fourth-order valence-electron chi connectivity index (χ4n) is 3.53. The minimum Gasteiger partial charge on any atom is -0.466 e. The van der Waals surface area contributed by atoms with Crippen molar-refractivity contribution in [2.45, 2.75) is 55.6 Å². The predicted octanol–water partition coefficient (Wildman–Crippen LogP) is 5.41. The molecule has 0 bridgehead atoms. The number of rotatable bonds is 8. The van der Waals surface area contributed by atoms with E-state index in [1.54, 1.807) is 0 Å². The van der Waals surface area contributed by atoms with Crippen LogP contribution in [0.1, 0.15) is 51.0 Å². The van der Waals surface area contributed by atoms with E-state index in [9.17, 15) is 4.79 Å². The minimum atomic E-state index is -0.211. The molecule has 1 saturated carbocycles. The first-order valence-electron chi connectivity index (χ1n) is 9.29. The average molecular weight is 427 g/mol. The Morgan fingerprint density at radius 1 is 1.40 bits per heavy atom. The van der Waals surface area contributed by atoms with Crippen LogP contribution in [0.2, 0.25) is 0 Å². The van der Waals surface area contributed by atoms with Crippen LogP contribution in [0.4, 0.5) is 0 Å². The number of thioether (sulfide) groups is 1. The molecule has 0 radical (unpaired) electrons. The van der Waals surface area contributed by atoms with Gasteiger partial charge in [-0.3, -0.25) is 4.79 Å². The van der Waals surface area contributed by atoms with E-state index < -0.39 is 0 Å². The molecule has 0 aromatic heterocycles. The quantitative estimate of drug-likeness (QED) is 0.520. The Morgan fingerprint density at radius 3 is 2.80 bits per heavy atom. The van der Waals surface area contributed by atoms with E-state index >= 15 is 0 Å². The molecule has 0 spiro atoms. The first-order valence-corrected chi connectivity index (χ1v) is 11.0. The maximum atomic E-state index is 12.7. The fourth-order valence-corrected chi connectivity index (χ4v) is 5.26. The molecule has 2 fully saturated rings. The van der Waals surface area contributed by atoms with Gasteiger partial charge in [-0.2, -0.15) is 0 Å². The largest absolute Gasteiger partial charge is 0.466 e. The highest BCUT2D eigenvalue weighted by molar-refractivity contribution is 9.10. The Kier molecular flexibility index (Phi) is 6.86. The molecule has 25 heavy (non-hydrogen) atoms. The van der Waals surface area contributed by atoms with Crippen LogP contribution in [-0.2, 0) is 14.3 Å². The first kappa shape index (κ1) is 19.2. The van der Waals surface area contributed by atoms with E-state index in [0.29, 0.717) is 12.5 Å². The van der Waals surface area contributed by atoms with Gasteiger partial charge in [-0.1, -0.05) is 13.0 Å². The van der Waals surface area contributed by atoms with Crippen LogP contribution in [0.5, 0.6) is 0 Å². The van der Waals surface area contributed by atoms with Gasteiger partial charge in [0.05, 0.1) is 12.5 Å². The number of carbonyl (C=O) groups is 1. The van der Waals surface area contributed by atoms with Gasteiger partial charge in [0.2, 0.25) is 0 Å². The SMILES string of the molecule is CCOC(=O)C(c1ccc(SC2CC2)c(Br)c1)C(C)CC1CCOC1. The zero-order chi connectivity index (χ0) is 17.8. The average Bonchev–Trinajstić information content (AvgIpc) is 3.24. The Hall–Kier alpha value is -0.520. The predicted molar refractivity (Wildman–Crippen MR) is 105 cm³/mol. The molecule has 1 aliphatic carbocycles. The molecule has 1 aromatic carbocycles. The molecule has 0 amide bonds. The zero-order valence-corrected chi connectivity index (χ0v) is 17.4. The highest BCUT2D eigenvalue weighted by atomic mass is 79.9.